The molecule has 1 amide bonds. The second-order valence-corrected chi connectivity index (χ2v) is 10.1. The predicted octanol–water partition coefficient (Wildman–Crippen LogP) is 4.70. The number of benzene rings is 3. The van der Waals surface area contributed by atoms with E-state index in [-0.39, 0.29) is 30.6 Å². The average Bonchev–Trinajstić information content (AvgIpc) is 3.41. The topological polar surface area (TPSA) is 111 Å². The van der Waals surface area contributed by atoms with Crippen LogP contribution in [0.3, 0.4) is 0 Å². The van der Waals surface area contributed by atoms with Crippen molar-refractivity contribution in [3.8, 4) is 5.69 Å². The molecule has 2 N–H and O–H groups in total. The summed E-state index contributed by atoms with van der Waals surface area (Å²) in [7, 11) is 0. The molecule has 3 aromatic carbocycles. The predicted molar refractivity (Wildman–Crippen MR) is 144 cm³/mol. The van der Waals surface area contributed by atoms with E-state index < -0.39 is 6.29 Å². The van der Waals surface area contributed by atoms with Gasteiger partial charge in [-0.3, -0.25) is 4.79 Å². The number of aromatic nitrogens is 4. The number of tetrazole rings is 1. The number of hydrogen-bond donors (Lipinski definition) is 2. The zero-order valence-electron chi connectivity index (χ0n) is 21.1. The van der Waals surface area contributed by atoms with E-state index in [1.165, 1.54) is 18.7 Å². The first-order valence-corrected chi connectivity index (χ1v) is 13.3. The normalized spacial score (nSPS) is 21.2. The van der Waals surface area contributed by atoms with Crippen molar-refractivity contribution < 1.29 is 19.4 Å². The lowest BCUT2D eigenvalue weighted by Gasteiger charge is -2.41. The summed E-state index contributed by atoms with van der Waals surface area (Å²) in [4.78, 5) is 11.6. The van der Waals surface area contributed by atoms with Crippen molar-refractivity contribution >= 4 is 23.4 Å². The average molecular weight is 532 g/mol. The molecule has 4 atom stereocenters. The maximum atomic E-state index is 11.6. The maximum Gasteiger partial charge on any atom is 0.221 e. The highest BCUT2D eigenvalue weighted by Gasteiger charge is 2.38. The van der Waals surface area contributed by atoms with Gasteiger partial charge in [-0.15, -0.1) is 5.10 Å². The Bertz CT molecular complexity index is 1370. The number of aliphatic hydroxyl groups excluding tert-OH is 1. The number of anilines is 1. The molecule has 4 aromatic rings. The Labute approximate surface area is 225 Å². The van der Waals surface area contributed by atoms with Gasteiger partial charge in [0.1, 0.15) is 0 Å². The van der Waals surface area contributed by atoms with Gasteiger partial charge in [0.2, 0.25) is 11.1 Å². The third kappa shape index (κ3) is 5.94. The summed E-state index contributed by atoms with van der Waals surface area (Å²) in [5, 5.41) is 25.2. The van der Waals surface area contributed by atoms with Crippen LogP contribution in [0.15, 0.2) is 84.0 Å². The molecule has 10 heteroatoms. The van der Waals surface area contributed by atoms with Crippen LogP contribution < -0.4 is 5.32 Å². The van der Waals surface area contributed by atoms with Gasteiger partial charge >= 0.3 is 0 Å². The summed E-state index contributed by atoms with van der Waals surface area (Å²) < 4.78 is 14.7. The monoisotopic (exact) mass is 531 g/mol. The first kappa shape index (κ1) is 26.1. The van der Waals surface area contributed by atoms with Gasteiger partial charge in [0.05, 0.1) is 24.5 Å². The van der Waals surface area contributed by atoms with Gasteiger partial charge in [-0.1, -0.05) is 73.3 Å². The van der Waals surface area contributed by atoms with Crippen LogP contribution in [-0.4, -0.2) is 43.1 Å². The van der Waals surface area contributed by atoms with Crippen LogP contribution >= 0.6 is 11.8 Å². The molecule has 1 fully saturated rings. The van der Waals surface area contributed by atoms with Crippen molar-refractivity contribution in [2.45, 2.75) is 44.1 Å². The largest absolute Gasteiger partial charge is 0.392 e. The Morgan fingerprint density at radius 3 is 2.55 bits per heavy atom. The number of nitrogens with one attached hydrogen (secondary N) is 1. The molecule has 0 bridgehead atoms. The molecule has 1 aliphatic heterocycles. The van der Waals surface area contributed by atoms with Gasteiger partial charge in [0.15, 0.2) is 6.29 Å². The first-order chi connectivity index (χ1) is 18.5. The minimum Gasteiger partial charge on any atom is -0.392 e. The van der Waals surface area contributed by atoms with Crippen molar-refractivity contribution in [1.29, 1.82) is 0 Å². The molecule has 0 aliphatic carbocycles. The van der Waals surface area contributed by atoms with E-state index in [0.717, 1.165) is 22.4 Å². The van der Waals surface area contributed by atoms with Crippen LogP contribution in [0.4, 0.5) is 5.69 Å². The molecule has 1 aliphatic rings. The fraction of sp³-hybridized carbons (Fsp3) is 0.286. The number of para-hydroxylation sites is 1. The summed E-state index contributed by atoms with van der Waals surface area (Å²) in [6.07, 6.45) is -1.08. The molecular formula is C28H29N5O4S. The first-order valence-electron chi connectivity index (χ1n) is 12.4. The molecular weight excluding hydrogens is 502 g/mol. The van der Waals surface area contributed by atoms with E-state index in [0.29, 0.717) is 16.6 Å². The molecule has 1 saturated heterocycles. The Hall–Kier alpha value is -3.57. The number of carbonyl (C=O) groups is 1. The van der Waals surface area contributed by atoms with E-state index in [9.17, 15) is 9.90 Å². The van der Waals surface area contributed by atoms with Gasteiger partial charge in [0.25, 0.3) is 0 Å². The van der Waals surface area contributed by atoms with Gasteiger partial charge in [-0.05, 0) is 45.8 Å². The number of nitrogens with zero attached hydrogens (tertiary/aromatic N) is 4. The number of carbonyl (C=O) groups excluding carboxylic acids is 1. The van der Waals surface area contributed by atoms with E-state index >= 15 is 0 Å². The summed E-state index contributed by atoms with van der Waals surface area (Å²) >= 11 is 1.53. The molecule has 0 unspecified atom stereocenters. The highest BCUT2D eigenvalue weighted by Crippen LogP contribution is 2.43. The van der Waals surface area contributed by atoms with E-state index in [1.807, 2.05) is 78.9 Å². The Morgan fingerprint density at radius 2 is 1.82 bits per heavy atom. The van der Waals surface area contributed by atoms with Crippen LogP contribution in [0.5, 0.6) is 0 Å². The summed E-state index contributed by atoms with van der Waals surface area (Å²) in [6.45, 7) is 3.57. The summed E-state index contributed by atoms with van der Waals surface area (Å²) in [5.41, 5.74) is 4.22. The lowest BCUT2D eigenvalue weighted by atomic mass is 9.91. The molecule has 0 spiro atoms. The van der Waals surface area contributed by atoms with Crippen molar-refractivity contribution in [2.24, 2.45) is 5.92 Å². The molecule has 38 heavy (non-hydrogen) atoms. The van der Waals surface area contributed by atoms with E-state index in [4.69, 9.17) is 9.47 Å². The molecule has 0 saturated carbocycles. The van der Waals surface area contributed by atoms with Crippen LogP contribution in [0.1, 0.15) is 42.9 Å². The Kier molecular flexibility index (Phi) is 8.14. The quantitative estimate of drug-likeness (QED) is 0.315. The smallest absolute Gasteiger partial charge is 0.221 e. The van der Waals surface area contributed by atoms with E-state index in [2.05, 4.69) is 27.8 Å². The number of hydrogen-bond acceptors (Lipinski definition) is 8. The number of amides is 1. The number of aliphatic hydroxyl groups is 1. The van der Waals surface area contributed by atoms with Crippen molar-refractivity contribution in [1.82, 2.24) is 20.2 Å². The van der Waals surface area contributed by atoms with E-state index in [1.54, 1.807) is 4.68 Å². The zero-order valence-corrected chi connectivity index (χ0v) is 21.9. The molecule has 196 valence electrons. The molecule has 1 aromatic heterocycles. The third-order valence-electron chi connectivity index (χ3n) is 6.42. The minimum atomic E-state index is -0.641. The number of thioether (sulfide) groups is 1. The van der Waals surface area contributed by atoms with Crippen LogP contribution in [0.2, 0.25) is 0 Å². The fourth-order valence-electron chi connectivity index (χ4n) is 4.43. The lowest BCUT2D eigenvalue weighted by Crippen LogP contribution is -2.38. The minimum absolute atomic E-state index is 0.0123. The van der Waals surface area contributed by atoms with Crippen molar-refractivity contribution in [3.63, 3.8) is 0 Å². The van der Waals surface area contributed by atoms with Crippen LogP contribution in [-0.2, 0) is 20.9 Å². The molecule has 2 heterocycles. The van der Waals surface area contributed by atoms with Crippen LogP contribution in [0, 0.1) is 5.92 Å². The lowest BCUT2D eigenvalue weighted by molar-refractivity contribution is -0.268. The van der Waals surface area contributed by atoms with Crippen molar-refractivity contribution in [3.05, 3.63) is 95.6 Å². The SMILES string of the molecule is CC(=O)Nc1cccc([C@@H]2O[C@H](CSc3nnnn3-c3ccccc3)[C@H](C)[C@H](c3ccc(CO)cc3)O2)c1. The van der Waals surface area contributed by atoms with Crippen LogP contribution in [0.25, 0.3) is 5.69 Å². The number of rotatable bonds is 8. The summed E-state index contributed by atoms with van der Waals surface area (Å²) in [5.74, 6) is 0.469. The van der Waals surface area contributed by atoms with Gasteiger partial charge in [-0.25, -0.2) is 0 Å². The van der Waals surface area contributed by atoms with Gasteiger partial charge in [0, 0.05) is 29.8 Å². The molecule has 0 radical (unpaired) electrons. The third-order valence-corrected chi connectivity index (χ3v) is 7.43. The standard InChI is InChI=1S/C28H29N5O4S/c1-18-25(17-38-28-30-31-32-33(28)24-9-4-3-5-10-24)36-27(22-7-6-8-23(15-22)29-19(2)35)37-26(18)21-13-11-20(16-34)12-14-21/h3-15,18,25-27,34H,16-17H2,1-2H3,(H,29,35)/t18-,25+,26+,27+/m0/s1. The van der Waals surface area contributed by atoms with Gasteiger partial charge < -0.3 is 19.9 Å². The second-order valence-electron chi connectivity index (χ2n) is 9.15. The molecule has 5 rings (SSSR count). The molecule has 9 nitrogen and oxygen atoms in total. The Morgan fingerprint density at radius 1 is 1.03 bits per heavy atom. The summed E-state index contributed by atoms with van der Waals surface area (Å²) in [6, 6.07) is 25.0. The zero-order chi connectivity index (χ0) is 26.5. The number of ether oxygens (including phenoxy) is 2. The fourth-order valence-corrected chi connectivity index (χ4v) is 5.49. The van der Waals surface area contributed by atoms with Crippen molar-refractivity contribution in [2.75, 3.05) is 11.1 Å². The van der Waals surface area contributed by atoms with Gasteiger partial charge in [-0.2, -0.15) is 4.68 Å². The maximum absolute atomic E-state index is 11.6. The highest BCUT2D eigenvalue weighted by atomic mass is 32.2. The Balaban J connectivity index is 1.41. The highest BCUT2D eigenvalue weighted by molar-refractivity contribution is 7.99. The second kappa shape index (κ2) is 11.9.